The van der Waals surface area contributed by atoms with Crippen LogP contribution >= 0.6 is 0 Å². The number of anilines is 1. The number of aryl methyl sites for hydroxylation is 1. The summed E-state index contributed by atoms with van der Waals surface area (Å²) in [6, 6.07) is 2.78. The Morgan fingerprint density at radius 3 is 2.69 bits per heavy atom. The van der Waals surface area contributed by atoms with Gasteiger partial charge in [-0.15, -0.1) is 0 Å². The number of likely N-dealkylation sites (tertiary alicyclic amines) is 1. The Balaban J connectivity index is 1.49. The van der Waals surface area contributed by atoms with E-state index in [1.54, 1.807) is 16.3 Å². The molecule has 4 heterocycles. The zero-order valence-corrected chi connectivity index (χ0v) is 20.5. The predicted molar refractivity (Wildman–Crippen MR) is 131 cm³/mol. The number of benzene rings is 1. The molecular weight excluding hydrogens is 450 g/mol. The first-order chi connectivity index (χ1) is 16.8. The van der Waals surface area contributed by atoms with Gasteiger partial charge in [0, 0.05) is 43.5 Å². The van der Waals surface area contributed by atoms with Gasteiger partial charge >= 0.3 is 0 Å². The number of amides is 1. The standard InChI is InChI=1S/C26H32F2N6O/c1-4-18-16(3)24(28)19(11-20(18)27)26(35)33-9-6-5-7-22(33)21-12-23-30-25(15(2)13-34(23)31-21)32-10-8-17(29)14-32/h11-13,17,22H,4-10,14,29H2,1-3H3. The molecule has 9 heteroatoms. The Morgan fingerprint density at radius 2 is 1.97 bits per heavy atom. The summed E-state index contributed by atoms with van der Waals surface area (Å²) in [7, 11) is 0. The molecular formula is C26H32F2N6O. The number of fused-ring (bicyclic) bond motifs is 1. The second-order valence-corrected chi connectivity index (χ2v) is 9.80. The van der Waals surface area contributed by atoms with Crippen LogP contribution in [0.2, 0.25) is 0 Å². The van der Waals surface area contributed by atoms with Gasteiger partial charge in [-0.3, -0.25) is 4.79 Å². The van der Waals surface area contributed by atoms with Crippen LogP contribution in [0.15, 0.2) is 18.3 Å². The number of rotatable bonds is 4. The van der Waals surface area contributed by atoms with E-state index in [9.17, 15) is 9.18 Å². The Morgan fingerprint density at radius 1 is 1.17 bits per heavy atom. The second kappa shape index (κ2) is 9.18. The van der Waals surface area contributed by atoms with Gasteiger partial charge in [-0.25, -0.2) is 18.3 Å². The normalized spacial score (nSPS) is 20.7. The van der Waals surface area contributed by atoms with Crippen LogP contribution in [0.3, 0.4) is 0 Å². The summed E-state index contributed by atoms with van der Waals surface area (Å²) in [6.07, 6.45) is 5.69. The van der Waals surface area contributed by atoms with Crippen LogP contribution in [0.1, 0.15) is 71.4 Å². The topological polar surface area (TPSA) is 79.8 Å². The number of nitrogens with zero attached hydrogens (tertiary/aromatic N) is 5. The molecule has 2 aromatic heterocycles. The van der Waals surface area contributed by atoms with Gasteiger partial charge in [0.15, 0.2) is 5.65 Å². The fourth-order valence-corrected chi connectivity index (χ4v) is 5.50. The minimum atomic E-state index is -0.640. The van der Waals surface area contributed by atoms with E-state index in [1.807, 2.05) is 19.2 Å². The smallest absolute Gasteiger partial charge is 0.257 e. The minimum absolute atomic E-state index is 0.148. The number of carbonyl (C=O) groups excluding carboxylic acids is 1. The van der Waals surface area contributed by atoms with E-state index in [0.717, 1.165) is 49.8 Å². The highest BCUT2D eigenvalue weighted by Gasteiger charge is 2.33. The van der Waals surface area contributed by atoms with Crippen molar-refractivity contribution in [3.8, 4) is 0 Å². The van der Waals surface area contributed by atoms with Crippen molar-refractivity contribution in [3.63, 3.8) is 0 Å². The number of piperidine rings is 1. The largest absolute Gasteiger partial charge is 0.355 e. The fraction of sp³-hybridized carbons (Fsp3) is 0.500. The molecule has 2 aliphatic rings. The number of nitrogens with two attached hydrogens (primary N) is 1. The molecule has 186 valence electrons. The van der Waals surface area contributed by atoms with Gasteiger partial charge < -0.3 is 15.5 Å². The lowest BCUT2D eigenvalue weighted by Crippen LogP contribution is -2.39. The van der Waals surface area contributed by atoms with Crippen molar-refractivity contribution >= 4 is 17.4 Å². The van der Waals surface area contributed by atoms with Crippen LogP contribution in [-0.4, -0.2) is 51.1 Å². The molecule has 2 N–H and O–H groups in total. The SMILES string of the molecule is CCc1c(F)cc(C(=O)N2CCCCC2c2cc3nc(N4CCC(N)C4)c(C)cn3n2)c(F)c1C. The van der Waals surface area contributed by atoms with Gasteiger partial charge in [-0.2, -0.15) is 5.10 Å². The molecule has 3 aromatic rings. The van der Waals surface area contributed by atoms with E-state index < -0.39 is 17.5 Å². The van der Waals surface area contributed by atoms with E-state index in [0.29, 0.717) is 36.3 Å². The molecule has 2 aliphatic heterocycles. The van der Waals surface area contributed by atoms with E-state index in [2.05, 4.69) is 4.90 Å². The highest BCUT2D eigenvalue weighted by molar-refractivity contribution is 5.95. The van der Waals surface area contributed by atoms with Gasteiger partial charge in [-0.05, 0) is 63.1 Å². The van der Waals surface area contributed by atoms with Crippen molar-refractivity contribution in [1.82, 2.24) is 19.5 Å². The highest BCUT2D eigenvalue weighted by Crippen LogP contribution is 2.34. The summed E-state index contributed by atoms with van der Waals surface area (Å²) in [6.45, 7) is 7.42. The van der Waals surface area contributed by atoms with E-state index in [-0.39, 0.29) is 23.2 Å². The van der Waals surface area contributed by atoms with Crippen LogP contribution < -0.4 is 10.6 Å². The molecule has 7 nitrogen and oxygen atoms in total. The minimum Gasteiger partial charge on any atom is -0.355 e. The molecule has 0 bridgehead atoms. The fourth-order valence-electron chi connectivity index (χ4n) is 5.50. The third-order valence-electron chi connectivity index (χ3n) is 7.41. The molecule has 2 fully saturated rings. The molecule has 0 aliphatic carbocycles. The van der Waals surface area contributed by atoms with E-state index in [1.165, 1.54) is 6.92 Å². The first-order valence-electron chi connectivity index (χ1n) is 12.4. The van der Waals surface area contributed by atoms with Crippen molar-refractivity contribution < 1.29 is 13.6 Å². The lowest BCUT2D eigenvalue weighted by Gasteiger charge is -2.35. The van der Waals surface area contributed by atoms with Crippen LogP contribution in [-0.2, 0) is 6.42 Å². The molecule has 0 radical (unpaired) electrons. The number of halogens is 2. The molecule has 2 saturated heterocycles. The summed E-state index contributed by atoms with van der Waals surface area (Å²) in [5, 5.41) is 4.74. The third kappa shape index (κ3) is 4.16. The first kappa shape index (κ1) is 23.7. The summed E-state index contributed by atoms with van der Waals surface area (Å²) in [5.74, 6) is -0.773. The van der Waals surface area contributed by atoms with Gasteiger partial charge in [-0.1, -0.05) is 6.92 Å². The average Bonchev–Trinajstić information content (AvgIpc) is 3.46. The Labute approximate surface area is 203 Å². The van der Waals surface area contributed by atoms with Crippen LogP contribution in [0.4, 0.5) is 14.6 Å². The molecule has 2 atom stereocenters. The van der Waals surface area contributed by atoms with Gasteiger partial charge in [0.05, 0.1) is 17.3 Å². The monoisotopic (exact) mass is 482 g/mol. The molecule has 5 rings (SSSR count). The number of hydrogen-bond acceptors (Lipinski definition) is 5. The zero-order chi connectivity index (χ0) is 24.9. The Kier molecular flexibility index (Phi) is 6.21. The highest BCUT2D eigenvalue weighted by atomic mass is 19.1. The Hall–Kier alpha value is -3.07. The van der Waals surface area contributed by atoms with Gasteiger partial charge in [0.25, 0.3) is 5.91 Å². The molecule has 2 unspecified atom stereocenters. The molecule has 1 aromatic carbocycles. The Bertz CT molecular complexity index is 1290. The summed E-state index contributed by atoms with van der Waals surface area (Å²) >= 11 is 0. The zero-order valence-electron chi connectivity index (χ0n) is 20.5. The van der Waals surface area contributed by atoms with E-state index >= 15 is 4.39 Å². The summed E-state index contributed by atoms with van der Waals surface area (Å²) in [4.78, 5) is 22.2. The van der Waals surface area contributed by atoms with Gasteiger partial charge in [0.2, 0.25) is 0 Å². The maximum absolute atomic E-state index is 15.1. The number of carbonyl (C=O) groups is 1. The van der Waals surface area contributed by atoms with Crippen LogP contribution in [0.5, 0.6) is 0 Å². The van der Waals surface area contributed by atoms with Crippen molar-refractivity contribution in [2.75, 3.05) is 24.5 Å². The first-order valence-corrected chi connectivity index (χ1v) is 12.4. The molecule has 1 amide bonds. The quantitative estimate of drug-likeness (QED) is 0.606. The lowest BCUT2D eigenvalue weighted by atomic mass is 9.96. The maximum Gasteiger partial charge on any atom is 0.257 e. The molecule has 0 spiro atoms. The molecule has 35 heavy (non-hydrogen) atoms. The van der Waals surface area contributed by atoms with Crippen LogP contribution in [0, 0.1) is 25.5 Å². The van der Waals surface area contributed by atoms with Crippen molar-refractivity contribution in [1.29, 1.82) is 0 Å². The van der Waals surface area contributed by atoms with Crippen molar-refractivity contribution in [2.24, 2.45) is 5.73 Å². The lowest BCUT2D eigenvalue weighted by molar-refractivity contribution is 0.0600. The van der Waals surface area contributed by atoms with Gasteiger partial charge in [0.1, 0.15) is 17.5 Å². The average molecular weight is 483 g/mol. The second-order valence-electron chi connectivity index (χ2n) is 9.80. The summed E-state index contributed by atoms with van der Waals surface area (Å²) < 4.78 is 31.5. The van der Waals surface area contributed by atoms with Crippen LogP contribution in [0.25, 0.3) is 5.65 Å². The molecule has 0 saturated carbocycles. The van der Waals surface area contributed by atoms with E-state index in [4.69, 9.17) is 15.8 Å². The third-order valence-corrected chi connectivity index (χ3v) is 7.41. The van der Waals surface area contributed by atoms with Crippen molar-refractivity contribution in [3.05, 3.63) is 57.9 Å². The van der Waals surface area contributed by atoms with Crippen molar-refractivity contribution in [2.45, 2.75) is 65.0 Å². The number of hydrogen-bond donors (Lipinski definition) is 1. The maximum atomic E-state index is 15.1. The number of aromatic nitrogens is 3. The predicted octanol–water partition coefficient (Wildman–Crippen LogP) is 4.09. The summed E-state index contributed by atoms with van der Waals surface area (Å²) in [5.41, 5.74) is 8.79.